The average Bonchev–Trinajstić information content (AvgIpc) is 2.40. The van der Waals surface area contributed by atoms with E-state index in [0.717, 1.165) is 25.5 Å². The van der Waals surface area contributed by atoms with E-state index in [0.29, 0.717) is 0 Å². The number of anilines is 1. The van der Waals surface area contributed by atoms with Gasteiger partial charge in [-0.3, -0.25) is 0 Å². The zero-order valence-corrected chi connectivity index (χ0v) is 14.1. The molecule has 1 fully saturated rings. The van der Waals surface area contributed by atoms with E-state index in [-0.39, 0.29) is 18.5 Å². The van der Waals surface area contributed by atoms with Crippen LogP contribution in [0.5, 0.6) is 5.88 Å². The number of hydrogen-bond donors (Lipinski definition) is 0. The minimum absolute atomic E-state index is 0. The number of ether oxygens (including phenoxy) is 1. The maximum Gasteiger partial charge on any atom is 0.370 e. The molecule has 4 heteroatoms. The van der Waals surface area contributed by atoms with Crippen molar-refractivity contribution in [1.82, 2.24) is 0 Å². The highest BCUT2D eigenvalue weighted by atomic mass is 35.5. The third-order valence-corrected chi connectivity index (χ3v) is 3.75. The van der Waals surface area contributed by atoms with Crippen molar-refractivity contribution in [2.75, 3.05) is 18.0 Å². The molecule has 0 saturated carbocycles. The van der Waals surface area contributed by atoms with Gasteiger partial charge in [0.25, 0.3) is 0 Å². The van der Waals surface area contributed by atoms with Gasteiger partial charge in [-0.25, -0.2) is 0 Å². The molecular formula is C18H24ClN2O+. The predicted molar refractivity (Wildman–Crippen MR) is 92.0 cm³/mol. The van der Waals surface area contributed by atoms with Gasteiger partial charge in [0.2, 0.25) is 0 Å². The van der Waals surface area contributed by atoms with Gasteiger partial charge in [0.05, 0.1) is 17.9 Å². The molecule has 0 unspecified atom stereocenters. The fraction of sp³-hybridized carbons (Fsp3) is 0.389. The van der Waals surface area contributed by atoms with Gasteiger partial charge < -0.3 is 9.64 Å². The minimum atomic E-state index is 0. The van der Waals surface area contributed by atoms with Gasteiger partial charge in [0.15, 0.2) is 12.7 Å². The van der Waals surface area contributed by atoms with Crippen molar-refractivity contribution < 1.29 is 9.30 Å². The highest BCUT2D eigenvalue weighted by Gasteiger charge is 2.20. The van der Waals surface area contributed by atoms with Crippen LogP contribution in [0.3, 0.4) is 0 Å². The molecule has 0 atom stereocenters. The number of rotatable bonds is 5. The second-order valence-corrected chi connectivity index (χ2v) is 5.84. The van der Waals surface area contributed by atoms with Crippen LogP contribution in [0.15, 0.2) is 48.7 Å². The molecule has 3 rings (SSSR count). The Morgan fingerprint density at radius 2 is 1.86 bits per heavy atom. The summed E-state index contributed by atoms with van der Waals surface area (Å²) in [6, 6.07) is 14.9. The molecule has 0 spiro atoms. The maximum absolute atomic E-state index is 6.01. The fourth-order valence-corrected chi connectivity index (χ4v) is 2.52. The molecule has 22 heavy (non-hydrogen) atoms. The Balaban J connectivity index is 0.00000176. The Morgan fingerprint density at radius 3 is 2.45 bits per heavy atom. The Hall–Kier alpha value is -1.74. The fourth-order valence-electron chi connectivity index (χ4n) is 2.52. The first kappa shape index (κ1) is 16.6. The summed E-state index contributed by atoms with van der Waals surface area (Å²) in [4.78, 5) is 2.39. The largest absolute Gasteiger partial charge is 0.442 e. The van der Waals surface area contributed by atoms with Crippen LogP contribution in [0.25, 0.3) is 0 Å². The third kappa shape index (κ3) is 3.92. The number of halogens is 1. The van der Waals surface area contributed by atoms with Crippen LogP contribution in [-0.4, -0.2) is 19.2 Å². The van der Waals surface area contributed by atoms with Crippen molar-refractivity contribution in [1.29, 1.82) is 0 Å². The Labute approximate surface area is 138 Å². The predicted octanol–water partition coefficient (Wildman–Crippen LogP) is 3.44. The first-order chi connectivity index (χ1) is 10.2. The topological polar surface area (TPSA) is 16.4 Å². The average molecular weight is 320 g/mol. The van der Waals surface area contributed by atoms with Crippen molar-refractivity contribution >= 4 is 18.1 Å². The monoisotopic (exact) mass is 319 g/mol. The highest BCUT2D eigenvalue weighted by molar-refractivity contribution is 5.85. The van der Waals surface area contributed by atoms with Crippen molar-refractivity contribution in [3.63, 3.8) is 0 Å². The zero-order chi connectivity index (χ0) is 14.7. The van der Waals surface area contributed by atoms with Crippen LogP contribution in [-0.2, 0) is 6.54 Å². The lowest BCUT2D eigenvalue weighted by Crippen LogP contribution is -2.40. The molecule has 1 aromatic carbocycles. The smallest absolute Gasteiger partial charge is 0.370 e. The molecule has 0 bridgehead atoms. The van der Waals surface area contributed by atoms with Crippen LogP contribution in [0.2, 0.25) is 0 Å². The summed E-state index contributed by atoms with van der Waals surface area (Å²) in [5.74, 6) is 0.943. The Bertz CT molecular complexity index is 597. The minimum Gasteiger partial charge on any atom is -0.442 e. The Kier molecular flexibility index (Phi) is 5.67. The van der Waals surface area contributed by atoms with E-state index in [9.17, 15) is 0 Å². The SMILES string of the molecule is CC(C)Oc1cc(N2CCC2)cc[n+]1Cc1ccccc1.Cl. The third-order valence-electron chi connectivity index (χ3n) is 3.75. The van der Waals surface area contributed by atoms with Crippen molar-refractivity contribution in [3.8, 4) is 5.88 Å². The molecule has 0 aliphatic carbocycles. The maximum atomic E-state index is 6.01. The number of aromatic nitrogens is 1. The van der Waals surface area contributed by atoms with Crippen molar-refractivity contribution in [2.24, 2.45) is 0 Å². The van der Waals surface area contributed by atoms with E-state index >= 15 is 0 Å². The van der Waals surface area contributed by atoms with Crippen LogP contribution < -0.4 is 14.2 Å². The van der Waals surface area contributed by atoms with Gasteiger partial charge in [0, 0.05) is 24.7 Å². The molecule has 0 amide bonds. The van der Waals surface area contributed by atoms with E-state index in [1.54, 1.807) is 0 Å². The van der Waals surface area contributed by atoms with Crippen molar-refractivity contribution in [3.05, 3.63) is 54.2 Å². The highest BCUT2D eigenvalue weighted by Crippen LogP contribution is 2.23. The molecular weight excluding hydrogens is 296 g/mol. The van der Waals surface area contributed by atoms with E-state index in [1.807, 2.05) is 6.07 Å². The number of nitrogens with zero attached hydrogens (tertiary/aromatic N) is 2. The molecule has 1 aromatic heterocycles. The molecule has 118 valence electrons. The van der Waals surface area contributed by atoms with Crippen LogP contribution in [0.4, 0.5) is 5.69 Å². The number of pyridine rings is 1. The lowest BCUT2D eigenvalue weighted by molar-refractivity contribution is -0.694. The van der Waals surface area contributed by atoms with Gasteiger partial charge in [0.1, 0.15) is 0 Å². The standard InChI is InChI=1S/C18H23N2O.ClH/c1-15(2)21-18-13-17(19-10-6-11-19)9-12-20(18)14-16-7-4-3-5-8-16;/h3-5,7-9,12-13,15H,6,10-11,14H2,1-2H3;1H/q+1;. The summed E-state index contributed by atoms with van der Waals surface area (Å²) in [5.41, 5.74) is 2.55. The summed E-state index contributed by atoms with van der Waals surface area (Å²) in [5, 5.41) is 0. The number of benzene rings is 1. The molecule has 3 nitrogen and oxygen atoms in total. The summed E-state index contributed by atoms with van der Waals surface area (Å²) in [6.45, 7) is 7.29. The van der Waals surface area contributed by atoms with Crippen LogP contribution in [0.1, 0.15) is 25.8 Å². The lowest BCUT2D eigenvalue weighted by Gasteiger charge is -2.32. The van der Waals surface area contributed by atoms with Crippen LogP contribution in [0, 0.1) is 0 Å². The summed E-state index contributed by atoms with van der Waals surface area (Å²) < 4.78 is 8.19. The second kappa shape index (κ2) is 7.50. The molecule has 0 radical (unpaired) electrons. The van der Waals surface area contributed by atoms with E-state index in [2.05, 4.69) is 65.9 Å². The van der Waals surface area contributed by atoms with E-state index in [4.69, 9.17) is 4.74 Å². The summed E-state index contributed by atoms with van der Waals surface area (Å²) in [7, 11) is 0. The summed E-state index contributed by atoms with van der Waals surface area (Å²) >= 11 is 0. The van der Waals surface area contributed by atoms with Gasteiger partial charge in [-0.05, 0) is 20.3 Å². The molecule has 1 aliphatic rings. The zero-order valence-electron chi connectivity index (χ0n) is 13.2. The molecule has 1 saturated heterocycles. The van der Waals surface area contributed by atoms with Gasteiger partial charge in [-0.2, -0.15) is 4.57 Å². The van der Waals surface area contributed by atoms with Gasteiger partial charge in [-0.15, -0.1) is 12.4 Å². The second-order valence-electron chi connectivity index (χ2n) is 5.84. The van der Waals surface area contributed by atoms with Gasteiger partial charge >= 0.3 is 5.88 Å². The Morgan fingerprint density at radius 1 is 1.14 bits per heavy atom. The van der Waals surface area contributed by atoms with Gasteiger partial charge in [-0.1, -0.05) is 30.3 Å². The van der Waals surface area contributed by atoms with E-state index < -0.39 is 0 Å². The molecule has 2 heterocycles. The first-order valence-electron chi connectivity index (χ1n) is 7.71. The quantitative estimate of drug-likeness (QED) is 0.785. The summed E-state index contributed by atoms with van der Waals surface area (Å²) in [6.07, 6.45) is 3.61. The normalized spacial score (nSPS) is 13.5. The molecule has 0 N–H and O–H groups in total. The van der Waals surface area contributed by atoms with E-state index in [1.165, 1.54) is 17.7 Å². The van der Waals surface area contributed by atoms with Crippen molar-refractivity contribution in [2.45, 2.75) is 32.9 Å². The lowest BCUT2D eigenvalue weighted by atomic mass is 10.2. The molecule has 2 aromatic rings. The number of hydrogen-bond acceptors (Lipinski definition) is 2. The molecule has 1 aliphatic heterocycles. The first-order valence-corrected chi connectivity index (χ1v) is 7.71. The van der Waals surface area contributed by atoms with Crippen LogP contribution >= 0.6 is 12.4 Å².